The highest BCUT2D eigenvalue weighted by atomic mass is 16.3. The number of hydrogen-bond donors (Lipinski definition) is 1. The summed E-state index contributed by atoms with van der Waals surface area (Å²) in [4.78, 5) is 14.9. The number of para-hydroxylation sites is 3. The van der Waals surface area contributed by atoms with Gasteiger partial charge in [0.1, 0.15) is 50.4 Å². The molecule has 6 aromatic carbocycles. The Labute approximate surface area is 344 Å². The first-order chi connectivity index (χ1) is 28.2. The largest absolute Gasteiger partial charge is 0.456 e. The maximum absolute atomic E-state index is 6.56. The van der Waals surface area contributed by atoms with Gasteiger partial charge in [-0.05, 0) is 61.5 Å². The van der Waals surface area contributed by atoms with Crippen molar-refractivity contribution in [3.63, 3.8) is 0 Å². The Morgan fingerprint density at radius 1 is 0.741 bits per heavy atom. The lowest BCUT2D eigenvalue weighted by Gasteiger charge is -2.20. The summed E-state index contributed by atoms with van der Waals surface area (Å²) < 4.78 is 8.71. The van der Waals surface area contributed by atoms with Crippen molar-refractivity contribution in [2.24, 2.45) is 20.9 Å². The number of aliphatic imine (C=N–C) groups is 3. The average molecular weight is 737 g/mol. The van der Waals surface area contributed by atoms with Crippen LogP contribution in [-0.2, 0) is 6.42 Å². The molecule has 10 radical (unpaired) electrons. The summed E-state index contributed by atoms with van der Waals surface area (Å²) in [6, 6.07) is 36.6. The van der Waals surface area contributed by atoms with Crippen LogP contribution in [0, 0.1) is 5.92 Å². The summed E-state index contributed by atoms with van der Waals surface area (Å²) in [6.45, 7) is 6.11. The average Bonchev–Trinajstić information content (AvgIpc) is 3.80. The Bertz CT molecular complexity index is 3040. The third kappa shape index (κ3) is 5.99. The van der Waals surface area contributed by atoms with Crippen LogP contribution in [-0.4, -0.2) is 69.2 Å². The molecule has 266 valence electrons. The minimum atomic E-state index is 0.0701. The topological polar surface area (TPSA) is 67.2 Å². The Morgan fingerprint density at radius 3 is 2.19 bits per heavy atom. The Balaban J connectivity index is 1.37. The molecule has 1 unspecified atom stereocenters. The first kappa shape index (κ1) is 37.1. The highest BCUT2D eigenvalue weighted by Crippen LogP contribution is 2.46. The van der Waals surface area contributed by atoms with E-state index in [0.717, 1.165) is 56.2 Å². The van der Waals surface area contributed by atoms with E-state index in [4.69, 9.17) is 53.6 Å². The zero-order chi connectivity index (χ0) is 40.2. The van der Waals surface area contributed by atoms with E-state index in [1.54, 1.807) is 0 Å². The highest BCUT2D eigenvalue weighted by molar-refractivity contribution is 6.68. The number of amidine groups is 2. The highest BCUT2D eigenvalue weighted by Gasteiger charge is 2.26. The molecule has 0 spiro atoms. The number of allylic oxidation sites excluding steroid dienone is 1. The molecule has 2 aromatic heterocycles. The van der Waals surface area contributed by atoms with Crippen LogP contribution in [0.15, 0.2) is 135 Å². The molecule has 1 aliphatic carbocycles. The van der Waals surface area contributed by atoms with Crippen LogP contribution in [0.1, 0.15) is 29.3 Å². The van der Waals surface area contributed by atoms with Crippen LogP contribution < -0.4 is 32.6 Å². The van der Waals surface area contributed by atoms with E-state index < -0.39 is 0 Å². The van der Waals surface area contributed by atoms with Crippen molar-refractivity contribution in [1.82, 2.24) is 4.57 Å². The summed E-state index contributed by atoms with van der Waals surface area (Å²) in [5.74, 6) is 0.754. The molecular weight excluding hydrogens is 705 g/mol. The normalized spacial score (nSPS) is 14.3. The predicted octanol–water partition coefficient (Wildman–Crippen LogP) is 5.64. The third-order valence-electron chi connectivity index (χ3n) is 11.0. The molecule has 0 amide bonds. The third-order valence-corrected chi connectivity index (χ3v) is 11.0. The molecule has 6 nitrogen and oxygen atoms in total. The lowest BCUT2D eigenvalue weighted by atomic mass is 9.60. The zero-order valence-electron chi connectivity index (χ0n) is 32.1. The Morgan fingerprint density at radius 2 is 1.43 bits per heavy atom. The van der Waals surface area contributed by atoms with Gasteiger partial charge in [0.25, 0.3) is 0 Å². The SMILES string of the molecule is [B]c1c([B])c([B])c(C(N=C)=NC(=Nc2ccccc2-c2c(NC)ccc3c2c2c(n3-c3ccccc3)CC(C)C=C2)c2cccc3oc4ccccc4c23)c([B])c1[B]. The molecule has 1 N–H and O–H groups in total. The second-order valence-electron chi connectivity index (χ2n) is 14.5. The standard InChI is InChI=1S/C47H32B5N5O/c1-25-20-21-28-34(24-25)57(26-12-5-4-6-13-26)33-23-22-32(53-2)38(39(28)33)27-14-7-9-17-31(27)55-46(30-16-11-19-36-37(30)29-15-8-10-18-35(29)58-36)56-47(54-3)40-41(48)43(50)45(52)44(51)42(40)49/h4-23,25,53H,3,24H2,1-2H3. The molecule has 1 atom stereocenters. The molecule has 58 heavy (non-hydrogen) atoms. The van der Waals surface area contributed by atoms with Crippen molar-refractivity contribution in [1.29, 1.82) is 0 Å². The summed E-state index contributed by atoms with van der Waals surface area (Å²) in [5.41, 5.74) is 10.8. The lowest BCUT2D eigenvalue weighted by molar-refractivity contribution is 0.669. The van der Waals surface area contributed by atoms with E-state index in [-0.39, 0.29) is 38.7 Å². The van der Waals surface area contributed by atoms with E-state index >= 15 is 0 Å². The van der Waals surface area contributed by atoms with Crippen LogP contribution >= 0.6 is 0 Å². The molecule has 0 bridgehead atoms. The fraction of sp³-hybridized carbons (Fsp3) is 0.0851. The Hall–Kier alpha value is -6.47. The van der Waals surface area contributed by atoms with Gasteiger partial charge in [-0.1, -0.05) is 96.7 Å². The van der Waals surface area contributed by atoms with Gasteiger partial charge in [0.05, 0.1) is 11.2 Å². The van der Waals surface area contributed by atoms with Gasteiger partial charge in [0.2, 0.25) is 0 Å². The molecule has 0 aliphatic heterocycles. The molecule has 0 saturated carbocycles. The van der Waals surface area contributed by atoms with E-state index in [0.29, 0.717) is 28.6 Å². The van der Waals surface area contributed by atoms with Crippen LogP contribution in [0.5, 0.6) is 0 Å². The van der Waals surface area contributed by atoms with Crippen LogP contribution in [0.4, 0.5) is 11.4 Å². The molecule has 0 saturated heterocycles. The van der Waals surface area contributed by atoms with Crippen LogP contribution in [0.2, 0.25) is 0 Å². The Kier molecular flexibility index (Phi) is 9.47. The number of nitrogens with one attached hydrogen (secondary N) is 1. The van der Waals surface area contributed by atoms with Gasteiger partial charge in [-0.3, -0.25) is 0 Å². The molecule has 11 heteroatoms. The second-order valence-corrected chi connectivity index (χ2v) is 14.5. The fourth-order valence-corrected chi connectivity index (χ4v) is 8.20. The maximum Gasteiger partial charge on any atom is 0.163 e. The van der Waals surface area contributed by atoms with Gasteiger partial charge < -0.3 is 14.3 Å². The van der Waals surface area contributed by atoms with E-state index in [2.05, 4.69) is 83.1 Å². The van der Waals surface area contributed by atoms with Gasteiger partial charge in [-0.2, -0.15) is 0 Å². The summed E-state index contributed by atoms with van der Waals surface area (Å²) in [5, 5.41) is 6.33. The summed E-state index contributed by atoms with van der Waals surface area (Å²) >= 11 is 0. The van der Waals surface area contributed by atoms with Crippen molar-refractivity contribution >= 4 is 135 Å². The van der Waals surface area contributed by atoms with Gasteiger partial charge in [0, 0.05) is 68.1 Å². The van der Waals surface area contributed by atoms with E-state index in [1.807, 2.05) is 73.8 Å². The number of rotatable bonds is 6. The van der Waals surface area contributed by atoms with Gasteiger partial charge in [0.15, 0.2) is 11.7 Å². The van der Waals surface area contributed by atoms with Crippen molar-refractivity contribution in [3.05, 3.63) is 138 Å². The second kappa shape index (κ2) is 14.8. The number of anilines is 1. The first-order valence-electron chi connectivity index (χ1n) is 19.0. The minimum absolute atomic E-state index is 0.0701. The number of aromatic nitrogens is 1. The molecule has 1 aliphatic rings. The minimum Gasteiger partial charge on any atom is -0.456 e. The van der Waals surface area contributed by atoms with Crippen molar-refractivity contribution in [2.75, 3.05) is 12.4 Å². The molecule has 8 aromatic rings. The number of fused-ring (bicyclic) bond motifs is 6. The number of nitrogens with zero attached hydrogens (tertiary/aromatic N) is 4. The van der Waals surface area contributed by atoms with Crippen molar-refractivity contribution in [3.8, 4) is 16.8 Å². The van der Waals surface area contributed by atoms with Gasteiger partial charge >= 0.3 is 0 Å². The maximum atomic E-state index is 6.56. The van der Waals surface area contributed by atoms with E-state index in [1.165, 1.54) is 11.3 Å². The quantitative estimate of drug-likeness (QED) is 0.137. The van der Waals surface area contributed by atoms with Crippen molar-refractivity contribution in [2.45, 2.75) is 13.3 Å². The summed E-state index contributed by atoms with van der Waals surface area (Å²) in [6.07, 6.45) is 5.45. The van der Waals surface area contributed by atoms with Crippen LogP contribution in [0.25, 0.3) is 55.7 Å². The number of benzene rings is 6. The monoisotopic (exact) mass is 737 g/mol. The molecule has 9 rings (SSSR count). The zero-order valence-corrected chi connectivity index (χ0v) is 32.1. The lowest BCUT2D eigenvalue weighted by Crippen LogP contribution is -2.57. The van der Waals surface area contributed by atoms with Gasteiger partial charge in [-0.15, -0.1) is 16.4 Å². The molecule has 0 fully saturated rings. The number of hydrogen-bond acceptors (Lipinski definition) is 3. The van der Waals surface area contributed by atoms with Crippen LogP contribution in [0.3, 0.4) is 0 Å². The summed E-state index contributed by atoms with van der Waals surface area (Å²) in [7, 11) is 33.9. The molecule has 2 heterocycles. The molecular formula is C47H32B5N5O. The predicted molar refractivity (Wildman–Crippen MR) is 250 cm³/mol. The van der Waals surface area contributed by atoms with Crippen molar-refractivity contribution < 1.29 is 4.42 Å². The fourth-order valence-electron chi connectivity index (χ4n) is 8.20. The first-order valence-corrected chi connectivity index (χ1v) is 19.0. The van der Waals surface area contributed by atoms with E-state index in [9.17, 15) is 0 Å². The smallest absolute Gasteiger partial charge is 0.163 e. The number of furan rings is 1. The van der Waals surface area contributed by atoms with Gasteiger partial charge in [-0.25, -0.2) is 15.0 Å².